The summed E-state index contributed by atoms with van der Waals surface area (Å²) in [5.74, 6) is -0.179. The number of rotatable bonds is 2. The molecule has 2 nitrogen and oxygen atoms in total. The van der Waals surface area contributed by atoms with Crippen LogP contribution in [-0.2, 0) is 5.41 Å². The molecular weight excluding hydrogens is 316 g/mol. The lowest BCUT2D eigenvalue weighted by Crippen LogP contribution is -2.27. The van der Waals surface area contributed by atoms with Gasteiger partial charge in [-0.25, -0.2) is 0 Å². The highest BCUT2D eigenvalue weighted by Gasteiger charge is 2.35. The van der Waals surface area contributed by atoms with E-state index in [0.29, 0.717) is 27.1 Å². The summed E-state index contributed by atoms with van der Waals surface area (Å²) in [6.45, 7) is 10.3. The maximum atomic E-state index is 13.0. The van der Waals surface area contributed by atoms with Gasteiger partial charge in [0.05, 0.1) is 0 Å². The molecule has 0 radical (unpaired) electrons. The molecule has 0 spiro atoms. The fraction of sp³-hybridized carbons (Fsp3) is 0.333. The lowest BCUT2D eigenvalue weighted by molar-refractivity contribution is 0.0975. The van der Waals surface area contributed by atoms with Gasteiger partial charge in [0.1, 0.15) is 0 Å². The van der Waals surface area contributed by atoms with Gasteiger partial charge in [0.25, 0.3) is 0 Å². The molecule has 0 bridgehead atoms. The second kappa shape index (κ2) is 6.94. The molecule has 3 heteroatoms. The number of benzene rings is 2. The van der Waals surface area contributed by atoms with Gasteiger partial charge in [-0.2, -0.15) is 0 Å². The van der Waals surface area contributed by atoms with Crippen LogP contribution >= 0.6 is 12.6 Å². The van der Waals surface area contributed by atoms with E-state index >= 15 is 0 Å². The molecule has 3 rings (SSSR count). The van der Waals surface area contributed by atoms with Gasteiger partial charge in [0, 0.05) is 27.1 Å². The monoisotopic (exact) mass is 340 g/mol. The molecule has 0 atom stereocenters. The van der Waals surface area contributed by atoms with E-state index in [2.05, 4.69) is 33.4 Å². The van der Waals surface area contributed by atoms with Crippen molar-refractivity contribution in [3.63, 3.8) is 0 Å². The molecule has 0 aliphatic heterocycles. The predicted molar refractivity (Wildman–Crippen MR) is 102 cm³/mol. The molecule has 2 aromatic carbocycles. The third-order valence-electron chi connectivity index (χ3n) is 4.66. The summed E-state index contributed by atoms with van der Waals surface area (Å²) in [5, 5.41) is 0. The number of carbonyl (C=O) groups is 2. The zero-order chi connectivity index (χ0) is 18.1. The summed E-state index contributed by atoms with van der Waals surface area (Å²) in [6, 6.07) is 10.8. The summed E-state index contributed by atoms with van der Waals surface area (Å²) in [5.41, 5.74) is 2.74. The van der Waals surface area contributed by atoms with Crippen molar-refractivity contribution in [3.05, 3.63) is 64.2 Å². The Bertz CT molecular complexity index is 803. The van der Waals surface area contributed by atoms with E-state index in [-0.39, 0.29) is 17.0 Å². The number of hydrogen-bond donors (Lipinski definition) is 1. The Labute approximate surface area is 149 Å². The molecule has 0 saturated heterocycles. The topological polar surface area (TPSA) is 34.1 Å². The van der Waals surface area contributed by atoms with Gasteiger partial charge in [-0.1, -0.05) is 65.0 Å². The summed E-state index contributed by atoms with van der Waals surface area (Å²) in [6.07, 6.45) is 0.893. The highest BCUT2D eigenvalue weighted by molar-refractivity contribution is 7.80. The SMILES string of the molecule is CC.CCC(C)(C)c1cccc2c1C(=O)c1cccc(S)c1C2=O. The molecule has 2 aromatic rings. The number of carbonyl (C=O) groups excluding carboxylic acids is 2. The third kappa shape index (κ3) is 2.82. The average molecular weight is 340 g/mol. The van der Waals surface area contributed by atoms with E-state index in [4.69, 9.17) is 0 Å². The maximum Gasteiger partial charge on any atom is 0.195 e. The average Bonchev–Trinajstić information content (AvgIpc) is 2.60. The molecule has 1 aliphatic rings. The first-order valence-corrected chi connectivity index (χ1v) is 8.88. The van der Waals surface area contributed by atoms with Gasteiger partial charge in [-0.15, -0.1) is 12.6 Å². The lowest BCUT2D eigenvalue weighted by atomic mass is 9.73. The van der Waals surface area contributed by atoms with E-state index < -0.39 is 0 Å². The number of ketones is 2. The van der Waals surface area contributed by atoms with Crippen LogP contribution in [0.3, 0.4) is 0 Å². The normalized spacial score (nSPS) is 12.9. The summed E-state index contributed by atoms with van der Waals surface area (Å²) < 4.78 is 0. The van der Waals surface area contributed by atoms with Crippen molar-refractivity contribution in [1.29, 1.82) is 0 Å². The smallest absolute Gasteiger partial charge is 0.195 e. The molecule has 1 aliphatic carbocycles. The Morgan fingerprint density at radius 1 is 0.875 bits per heavy atom. The van der Waals surface area contributed by atoms with Gasteiger partial charge in [0.2, 0.25) is 0 Å². The number of fused-ring (bicyclic) bond motifs is 2. The first-order valence-electron chi connectivity index (χ1n) is 8.43. The third-order valence-corrected chi connectivity index (χ3v) is 5.04. The predicted octanol–water partition coefficient (Wildman–Crippen LogP) is 5.46. The van der Waals surface area contributed by atoms with Crippen LogP contribution in [0.15, 0.2) is 41.3 Å². The Balaban J connectivity index is 0.00000100. The molecule has 0 saturated carbocycles. The molecular formula is C21H24O2S. The van der Waals surface area contributed by atoms with Crippen LogP contribution in [0, 0.1) is 0 Å². The highest BCUT2D eigenvalue weighted by Crippen LogP contribution is 2.37. The summed E-state index contributed by atoms with van der Waals surface area (Å²) in [4.78, 5) is 26.4. The van der Waals surface area contributed by atoms with Crippen molar-refractivity contribution < 1.29 is 9.59 Å². The van der Waals surface area contributed by atoms with Crippen molar-refractivity contribution in [1.82, 2.24) is 0 Å². The van der Waals surface area contributed by atoms with Crippen molar-refractivity contribution in [2.24, 2.45) is 0 Å². The Kier molecular flexibility index (Phi) is 5.34. The van der Waals surface area contributed by atoms with Crippen LogP contribution in [0.5, 0.6) is 0 Å². The van der Waals surface area contributed by atoms with Crippen molar-refractivity contribution in [2.45, 2.75) is 51.3 Å². The minimum Gasteiger partial charge on any atom is -0.289 e. The molecule has 0 aromatic heterocycles. The molecule has 0 fully saturated rings. The highest BCUT2D eigenvalue weighted by atomic mass is 32.1. The molecule has 0 heterocycles. The first kappa shape index (κ1) is 18.5. The summed E-state index contributed by atoms with van der Waals surface area (Å²) >= 11 is 4.36. The molecule has 24 heavy (non-hydrogen) atoms. The van der Waals surface area contributed by atoms with E-state index in [0.717, 1.165) is 12.0 Å². The number of hydrogen-bond acceptors (Lipinski definition) is 3. The van der Waals surface area contributed by atoms with Crippen LogP contribution in [0.4, 0.5) is 0 Å². The van der Waals surface area contributed by atoms with Gasteiger partial charge in [0.15, 0.2) is 11.6 Å². The van der Waals surface area contributed by atoms with E-state index in [1.165, 1.54) is 0 Å². The Morgan fingerprint density at radius 2 is 1.38 bits per heavy atom. The fourth-order valence-corrected chi connectivity index (χ4v) is 3.29. The minimum atomic E-state index is -0.155. The van der Waals surface area contributed by atoms with Crippen LogP contribution < -0.4 is 0 Å². The van der Waals surface area contributed by atoms with Crippen molar-refractivity contribution in [2.75, 3.05) is 0 Å². The van der Waals surface area contributed by atoms with Crippen LogP contribution in [-0.4, -0.2) is 11.6 Å². The zero-order valence-electron chi connectivity index (χ0n) is 14.9. The lowest BCUT2D eigenvalue weighted by Gasteiger charge is -2.29. The van der Waals surface area contributed by atoms with E-state index in [1.54, 1.807) is 24.3 Å². The van der Waals surface area contributed by atoms with Crippen molar-refractivity contribution in [3.8, 4) is 0 Å². The van der Waals surface area contributed by atoms with E-state index in [9.17, 15) is 9.59 Å². The zero-order valence-corrected chi connectivity index (χ0v) is 15.8. The molecule has 0 unspecified atom stereocenters. The van der Waals surface area contributed by atoms with Gasteiger partial charge >= 0.3 is 0 Å². The first-order chi connectivity index (χ1) is 11.4. The van der Waals surface area contributed by atoms with Gasteiger partial charge in [-0.05, 0) is 23.5 Å². The summed E-state index contributed by atoms with van der Waals surface area (Å²) in [7, 11) is 0. The second-order valence-electron chi connectivity index (χ2n) is 6.32. The molecule has 0 N–H and O–H groups in total. The van der Waals surface area contributed by atoms with Gasteiger partial charge < -0.3 is 0 Å². The second-order valence-corrected chi connectivity index (χ2v) is 6.81. The van der Waals surface area contributed by atoms with Crippen LogP contribution in [0.1, 0.15) is 78.4 Å². The van der Waals surface area contributed by atoms with E-state index in [1.807, 2.05) is 26.0 Å². The molecule has 126 valence electrons. The Morgan fingerprint density at radius 3 is 1.96 bits per heavy atom. The van der Waals surface area contributed by atoms with Crippen LogP contribution in [0.25, 0.3) is 0 Å². The minimum absolute atomic E-state index is 0.0716. The quantitative estimate of drug-likeness (QED) is 0.628. The molecule has 0 amide bonds. The standard InChI is InChI=1S/C19H18O2S.C2H6/c1-4-19(2,3)13-9-5-7-11-15(13)17(20)12-8-6-10-14(22)16(12)18(11)21;1-2/h5-10,22H,4H2,1-3H3;1-2H3. The fourth-order valence-electron chi connectivity index (χ4n) is 2.98. The largest absolute Gasteiger partial charge is 0.289 e. The van der Waals surface area contributed by atoms with Gasteiger partial charge in [-0.3, -0.25) is 9.59 Å². The maximum absolute atomic E-state index is 13.0. The Hall–Kier alpha value is -1.87. The number of thiol groups is 1. The van der Waals surface area contributed by atoms with Crippen molar-refractivity contribution >= 4 is 24.2 Å². The van der Waals surface area contributed by atoms with Crippen LogP contribution in [0.2, 0.25) is 0 Å².